The van der Waals surface area contributed by atoms with Crippen molar-refractivity contribution in [2.24, 2.45) is 5.73 Å². The highest BCUT2D eigenvalue weighted by Gasteiger charge is 2.02. The van der Waals surface area contributed by atoms with Gasteiger partial charge in [-0.15, -0.1) is 0 Å². The number of halogens is 1. The third kappa shape index (κ3) is 2.35. The van der Waals surface area contributed by atoms with Crippen LogP contribution >= 0.6 is 15.9 Å². The van der Waals surface area contributed by atoms with E-state index in [4.69, 9.17) is 5.73 Å². The number of nitrogens with two attached hydrogens (primary N) is 1. The summed E-state index contributed by atoms with van der Waals surface area (Å²) in [5.74, 6) is 0. The highest BCUT2D eigenvalue weighted by atomic mass is 79.9. The molecule has 0 spiro atoms. The van der Waals surface area contributed by atoms with Crippen molar-refractivity contribution in [3.63, 3.8) is 0 Å². The fourth-order valence-electron chi connectivity index (χ4n) is 1.47. The molecule has 0 atom stereocenters. The quantitative estimate of drug-likeness (QED) is 0.861. The van der Waals surface area contributed by atoms with Gasteiger partial charge in [-0.05, 0) is 53.9 Å². The number of nitrogens with zero attached hydrogens (tertiary/aromatic N) is 3. The number of imidazole rings is 1. The van der Waals surface area contributed by atoms with Crippen molar-refractivity contribution < 1.29 is 0 Å². The van der Waals surface area contributed by atoms with Crippen LogP contribution in [0.2, 0.25) is 0 Å². The van der Waals surface area contributed by atoms with E-state index in [9.17, 15) is 0 Å². The molecule has 0 amide bonds. The maximum absolute atomic E-state index is 5.45. The van der Waals surface area contributed by atoms with Crippen molar-refractivity contribution in [2.75, 3.05) is 6.54 Å². The molecule has 2 heterocycles. The molecular formula is C10H13BrN4. The molecule has 0 aliphatic rings. The molecule has 0 aromatic carbocycles. The smallest absolute Gasteiger partial charge is 0.154 e. The van der Waals surface area contributed by atoms with Crippen LogP contribution in [0.25, 0.3) is 5.65 Å². The lowest BCUT2D eigenvalue weighted by atomic mass is 10.2. The number of rotatable bonds is 4. The molecule has 0 radical (unpaired) electrons. The summed E-state index contributed by atoms with van der Waals surface area (Å²) in [6.45, 7) is 0.747. The zero-order valence-corrected chi connectivity index (χ0v) is 9.94. The third-order valence-corrected chi connectivity index (χ3v) is 2.80. The van der Waals surface area contributed by atoms with Gasteiger partial charge in [-0.1, -0.05) is 0 Å². The van der Waals surface area contributed by atoms with Gasteiger partial charge in [-0.3, -0.25) is 0 Å². The van der Waals surface area contributed by atoms with Crippen molar-refractivity contribution in [2.45, 2.75) is 19.3 Å². The van der Waals surface area contributed by atoms with E-state index in [0.717, 1.165) is 41.8 Å². The van der Waals surface area contributed by atoms with Crippen LogP contribution in [0.1, 0.15) is 18.5 Å². The fraction of sp³-hybridized carbons (Fsp3) is 0.400. The van der Waals surface area contributed by atoms with Gasteiger partial charge in [0.15, 0.2) is 5.65 Å². The van der Waals surface area contributed by atoms with E-state index in [0.29, 0.717) is 0 Å². The van der Waals surface area contributed by atoms with Crippen molar-refractivity contribution in [1.82, 2.24) is 14.6 Å². The van der Waals surface area contributed by atoms with Gasteiger partial charge in [-0.2, -0.15) is 5.10 Å². The van der Waals surface area contributed by atoms with Crippen LogP contribution in [0.3, 0.4) is 0 Å². The fourth-order valence-corrected chi connectivity index (χ4v) is 1.83. The summed E-state index contributed by atoms with van der Waals surface area (Å²) in [6, 6.07) is 4.00. The monoisotopic (exact) mass is 268 g/mol. The van der Waals surface area contributed by atoms with Gasteiger partial charge < -0.3 is 5.73 Å². The molecule has 0 saturated carbocycles. The van der Waals surface area contributed by atoms with Crippen LogP contribution in [-0.4, -0.2) is 21.1 Å². The first-order valence-corrected chi connectivity index (χ1v) is 5.80. The van der Waals surface area contributed by atoms with Crippen molar-refractivity contribution >= 4 is 21.6 Å². The minimum Gasteiger partial charge on any atom is -0.330 e. The Bertz CT molecular complexity index is 452. The average molecular weight is 269 g/mol. The Morgan fingerprint density at radius 3 is 3.00 bits per heavy atom. The predicted octanol–water partition coefficient (Wildman–Crippen LogP) is 1.77. The lowest BCUT2D eigenvalue weighted by Crippen LogP contribution is -2.02. The number of fused-ring (bicyclic) bond motifs is 1. The van der Waals surface area contributed by atoms with Crippen LogP contribution in [0.4, 0.5) is 0 Å². The van der Waals surface area contributed by atoms with Crippen LogP contribution in [0, 0.1) is 0 Å². The number of hydrogen-bond acceptors (Lipinski definition) is 3. The number of unbranched alkanes of at least 4 members (excludes halogenated alkanes) is 1. The standard InChI is InChI=1S/C10H13BrN4/c11-9-7-13-10-5-4-8(14-15(9)10)3-1-2-6-12/h4-5,7H,1-3,6,12H2. The molecule has 80 valence electrons. The topological polar surface area (TPSA) is 56.2 Å². The normalized spacial score (nSPS) is 11.1. The van der Waals surface area contributed by atoms with E-state index in [-0.39, 0.29) is 0 Å². The van der Waals surface area contributed by atoms with Gasteiger partial charge in [0.1, 0.15) is 4.60 Å². The lowest BCUT2D eigenvalue weighted by Gasteiger charge is -2.01. The minimum atomic E-state index is 0.747. The van der Waals surface area contributed by atoms with E-state index >= 15 is 0 Å². The van der Waals surface area contributed by atoms with Gasteiger partial charge in [0, 0.05) is 0 Å². The predicted molar refractivity (Wildman–Crippen MR) is 62.7 cm³/mol. The molecule has 0 fully saturated rings. The molecule has 2 aromatic rings. The summed E-state index contributed by atoms with van der Waals surface area (Å²) in [5, 5.41) is 4.47. The van der Waals surface area contributed by atoms with Crippen LogP contribution in [0.5, 0.6) is 0 Å². The second kappa shape index (κ2) is 4.72. The minimum absolute atomic E-state index is 0.747. The van der Waals surface area contributed by atoms with Crippen molar-refractivity contribution in [3.8, 4) is 0 Å². The van der Waals surface area contributed by atoms with E-state index in [2.05, 4.69) is 26.0 Å². The summed E-state index contributed by atoms with van der Waals surface area (Å²) < 4.78 is 2.69. The first-order valence-electron chi connectivity index (χ1n) is 5.00. The summed E-state index contributed by atoms with van der Waals surface area (Å²) >= 11 is 3.40. The molecule has 0 saturated heterocycles. The van der Waals surface area contributed by atoms with Crippen LogP contribution in [-0.2, 0) is 6.42 Å². The molecule has 0 bridgehead atoms. The highest BCUT2D eigenvalue weighted by Crippen LogP contribution is 2.12. The summed E-state index contributed by atoms with van der Waals surface area (Å²) in [5.41, 5.74) is 7.39. The first kappa shape index (κ1) is 10.6. The van der Waals surface area contributed by atoms with Crippen LogP contribution < -0.4 is 5.73 Å². The maximum atomic E-state index is 5.45. The average Bonchev–Trinajstić information content (AvgIpc) is 2.61. The second-order valence-electron chi connectivity index (χ2n) is 3.42. The van der Waals surface area contributed by atoms with Crippen molar-refractivity contribution in [3.05, 3.63) is 28.6 Å². The Morgan fingerprint density at radius 1 is 1.33 bits per heavy atom. The molecule has 2 N–H and O–H groups in total. The maximum Gasteiger partial charge on any atom is 0.154 e. The number of aromatic nitrogens is 3. The zero-order chi connectivity index (χ0) is 10.7. The Balaban J connectivity index is 2.18. The summed E-state index contributed by atoms with van der Waals surface area (Å²) in [7, 11) is 0. The SMILES string of the molecule is NCCCCc1ccc2ncc(Br)n2n1. The molecular weight excluding hydrogens is 256 g/mol. The molecule has 4 nitrogen and oxygen atoms in total. The van der Waals surface area contributed by atoms with Gasteiger partial charge in [0.2, 0.25) is 0 Å². The molecule has 15 heavy (non-hydrogen) atoms. The van der Waals surface area contributed by atoms with Gasteiger partial charge >= 0.3 is 0 Å². The van der Waals surface area contributed by atoms with Gasteiger partial charge in [-0.25, -0.2) is 9.50 Å². The summed E-state index contributed by atoms with van der Waals surface area (Å²) in [4.78, 5) is 4.19. The first-order chi connectivity index (χ1) is 7.31. The Labute approximate surface area is 96.6 Å². The number of hydrogen-bond donors (Lipinski definition) is 1. The molecule has 2 rings (SSSR count). The van der Waals surface area contributed by atoms with Gasteiger partial charge in [0.05, 0.1) is 11.9 Å². The van der Waals surface area contributed by atoms with E-state index in [1.165, 1.54) is 0 Å². The molecule has 0 unspecified atom stereocenters. The van der Waals surface area contributed by atoms with E-state index in [1.807, 2.05) is 12.1 Å². The van der Waals surface area contributed by atoms with E-state index in [1.54, 1.807) is 10.7 Å². The highest BCUT2D eigenvalue weighted by molar-refractivity contribution is 9.10. The lowest BCUT2D eigenvalue weighted by molar-refractivity contribution is 0.714. The molecule has 5 heteroatoms. The second-order valence-corrected chi connectivity index (χ2v) is 4.23. The molecule has 0 aliphatic heterocycles. The molecule has 0 aliphatic carbocycles. The van der Waals surface area contributed by atoms with E-state index < -0.39 is 0 Å². The van der Waals surface area contributed by atoms with Crippen molar-refractivity contribution in [1.29, 1.82) is 0 Å². The summed E-state index contributed by atoms with van der Waals surface area (Å²) in [6.07, 6.45) is 4.86. The third-order valence-electron chi connectivity index (χ3n) is 2.26. The Kier molecular flexibility index (Phi) is 3.33. The number of aryl methyl sites for hydroxylation is 1. The van der Waals surface area contributed by atoms with Crippen LogP contribution in [0.15, 0.2) is 22.9 Å². The molecule has 2 aromatic heterocycles. The van der Waals surface area contributed by atoms with Gasteiger partial charge in [0.25, 0.3) is 0 Å². The zero-order valence-electron chi connectivity index (χ0n) is 8.36. The Hall–Kier alpha value is -0.940. The largest absolute Gasteiger partial charge is 0.330 e. The Morgan fingerprint density at radius 2 is 2.20 bits per heavy atom.